The molecule has 0 aliphatic heterocycles. The monoisotopic (exact) mass is 315 g/mol. The molecule has 114 valence electrons. The lowest BCUT2D eigenvalue weighted by atomic mass is 9.94. The zero-order valence-corrected chi connectivity index (χ0v) is 12.2. The molecule has 0 bridgehead atoms. The molecule has 1 unspecified atom stereocenters. The second-order valence-electron chi connectivity index (χ2n) is 4.98. The molecule has 0 aromatic heterocycles. The van der Waals surface area contributed by atoms with Crippen LogP contribution in [0, 0.1) is 24.5 Å². The lowest BCUT2D eigenvalue weighted by Gasteiger charge is -2.17. The fourth-order valence-corrected chi connectivity index (χ4v) is 3.25. The first-order valence-electron chi connectivity index (χ1n) is 6.48. The molecule has 0 saturated carbocycles. The van der Waals surface area contributed by atoms with Crippen LogP contribution in [0.15, 0.2) is 29.2 Å². The van der Waals surface area contributed by atoms with Crippen LogP contribution in [0.4, 0.5) is 8.78 Å². The summed E-state index contributed by atoms with van der Waals surface area (Å²) in [5.74, 6) is -3.09. The summed E-state index contributed by atoms with van der Waals surface area (Å²) in [4.78, 5) is 11.1. The highest BCUT2D eigenvalue weighted by atomic mass is 32.2. The van der Waals surface area contributed by atoms with Gasteiger partial charge in [-0.25, -0.2) is 21.9 Å². The Morgan fingerprint density at radius 1 is 1.24 bits per heavy atom. The van der Waals surface area contributed by atoms with Crippen LogP contribution < -0.4 is 4.72 Å². The number of benzene rings is 1. The summed E-state index contributed by atoms with van der Waals surface area (Å²) in [7, 11) is -4.42. The Bertz CT molecular complexity index is 698. The molecule has 1 N–H and O–H groups in total. The Labute approximate surface area is 121 Å². The van der Waals surface area contributed by atoms with Crippen LogP contribution in [0.3, 0.4) is 0 Å². The Morgan fingerprint density at radius 2 is 1.95 bits per heavy atom. The molecule has 21 heavy (non-hydrogen) atoms. The van der Waals surface area contributed by atoms with Gasteiger partial charge >= 0.3 is 0 Å². The minimum Gasteiger partial charge on any atom is -0.274 e. The van der Waals surface area contributed by atoms with E-state index in [4.69, 9.17) is 0 Å². The Kier molecular flexibility index (Phi) is 4.41. The number of aryl methyl sites for hydroxylation is 1. The number of rotatable bonds is 3. The SMILES string of the molecule is Cc1cc(F)c(S(=O)(=O)NC(=O)C2CC=CCC2)cc1F. The molecule has 1 aromatic rings. The predicted octanol–water partition coefficient (Wildman–Crippen LogP) is 2.43. The zero-order chi connectivity index (χ0) is 15.6. The molecule has 0 heterocycles. The number of halogens is 2. The van der Waals surface area contributed by atoms with Crippen LogP contribution in [-0.2, 0) is 14.8 Å². The van der Waals surface area contributed by atoms with E-state index in [0.29, 0.717) is 25.3 Å². The molecule has 2 rings (SSSR count). The van der Waals surface area contributed by atoms with Crippen molar-refractivity contribution in [2.45, 2.75) is 31.1 Å². The van der Waals surface area contributed by atoms with E-state index in [9.17, 15) is 22.0 Å². The van der Waals surface area contributed by atoms with E-state index in [-0.39, 0.29) is 5.56 Å². The van der Waals surface area contributed by atoms with Gasteiger partial charge in [0.15, 0.2) is 0 Å². The van der Waals surface area contributed by atoms with Crippen LogP contribution >= 0.6 is 0 Å². The fourth-order valence-electron chi connectivity index (χ4n) is 2.14. The average molecular weight is 315 g/mol. The second kappa shape index (κ2) is 5.93. The van der Waals surface area contributed by atoms with E-state index in [0.717, 1.165) is 6.07 Å². The van der Waals surface area contributed by atoms with Gasteiger partial charge in [-0.05, 0) is 43.9 Å². The molecule has 1 aromatic carbocycles. The third-order valence-corrected chi connectivity index (χ3v) is 4.74. The van der Waals surface area contributed by atoms with Gasteiger partial charge in [0.1, 0.15) is 16.5 Å². The number of sulfonamides is 1. The first-order valence-corrected chi connectivity index (χ1v) is 7.97. The van der Waals surface area contributed by atoms with Crippen molar-refractivity contribution in [3.8, 4) is 0 Å². The number of hydrogen-bond donors (Lipinski definition) is 1. The van der Waals surface area contributed by atoms with Gasteiger partial charge in [-0.1, -0.05) is 12.2 Å². The molecular weight excluding hydrogens is 300 g/mol. The van der Waals surface area contributed by atoms with Crippen LogP contribution in [0.25, 0.3) is 0 Å². The highest BCUT2D eigenvalue weighted by Gasteiger charge is 2.27. The number of carbonyl (C=O) groups excluding carboxylic acids is 1. The minimum absolute atomic E-state index is 0.00445. The van der Waals surface area contributed by atoms with Crippen LogP contribution in [0.2, 0.25) is 0 Å². The van der Waals surface area contributed by atoms with Gasteiger partial charge in [0.2, 0.25) is 5.91 Å². The molecule has 0 saturated heterocycles. The summed E-state index contributed by atoms with van der Waals surface area (Å²) in [6.07, 6.45) is 5.36. The van der Waals surface area contributed by atoms with E-state index in [1.807, 2.05) is 10.8 Å². The third-order valence-electron chi connectivity index (χ3n) is 3.38. The van der Waals surface area contributed by atoms with Crippen LogP contribution in [-0.4, -0.2) is 14.3 Å². The lowest BCUT2D eigenvalue weighted by Crippen LogP contribution is -2.36. The van der Waals surface area contributed by atoms with Crippen molar-refractivity contribution in [2.75, 3.05) is 0 Å². The number of amides is 1. The summed E-state index contributed by atoms with van der Waals surface area (Å²) in [5.41, 5.74) is -0.00445. The van der Waals surface area contributed by atoms with Crippen molar-refractivity contribution in [1.29, 1.82) is 0 Å². The minimum atomic E-state index is -4.42. The first-order chi connectivity index (χ1) is 9.81. The third kappa shape index (κ3) is 3.47. The molecule has 0 spiro atoms. The van der Waals surface area contributed by atoms with Crippen molar-refractivity contribution in [3.05, 3.63) is 41.5 Å². The molecule has 4 nitrogen and oxygen atoms in total. The van der Waals surface area contributed by atoms with Crippen molar-refractivity contribution in [3.63, 3.8) is 0 Å². The molecule has 7 heteroatoms. The normalized spacial score (nSPS) is 18.5. The van der Waals surface area contributed by atoms with E-state index in [1.165, 1.54) is 6.92 Å². The summed E-state index contributed by atoms with van der Waals surface area (Å²) < 4.78 is 53.0. The van der Waals surface area contributed by atoms with Crippen molar-refractivity contribution >= 4 is 15.9 Å². The van der Waals surface area contributed by atoms with E-state index in [2.05, 4.69) is 0 Å². The maximum absolute atomic E-state index is 13.7. The molecule has 1 amide bonds. The van der Waals surface area contributed by atoms with Gasteiger partial charge in [0.25, 0.3) is 10.0 Å². The first kappa shape index (κ1) is 15.6. The van der Waals surface area contributed by atoms with Gasteiger partial charge < -0.3 is 0 Å². The quantitative estimate of drug-likeness (QED) is 0.871. The smallest absolute Gasteiger partial charge is 0.267 e. The fraction of sp³-hybridized carbons (Fsp3) is 0.357. The van der Waals surface area contributed by atoms with Gasteiger partial charge in [-0.15, -0.1) is 0 Å². The second-order valence-corrected chi connectivity index (χ2v) is 6.63. The lowest BCUT2D eigenvalue weighted by molar-refractivity contribution is -0.123. The maximum atomic E-state index is 13.7. The molecular formula is C14H15F2NO3S. The predicted molar refractivity (Wildman–Crippen MR) is 72.9 cm³/mol. The molecule has 1 aliphatic rings. The topological polar surface area (TPSA) is 63.2 Å². The van der Waals surface area contributed by atoms with Crippen molar-refractivity contribution in [2.24, 2.45) is 5.92 Å². The zero-order valence-electron chi connectivity index (χ0n) is 11.4. The van der Waals surface area contributed by atoms with Crippen LogP contribution in [0.1, 0.15) is 24.8 Å². The summed E-state index contributed by atoms with van der Waals surface area (Å²) in [6.45, 7) is 1.32. The van der Waals surface area contributed by atoms with E-state index >= 15 is 0 Å². The van der Waals surface area contributed by atoms with E-state index in [1.54, 1.807) is 6.08 Å². The summed E-state index contributed by atoms with van der Waals surface area (Å²) >= 11 is 0. The number of carbonyl (C=O) groups is 1. The molecule has 0 radical (unpaired) electrons. The largest absolute Gasteiger partial charge is 0.274 e. The van der Waals surface area contributed by atoms with Crippen molar-refractivity contribution in [1.82, 2.24) is 4.72 Å². The number of allylic oxidation sites excluding steroid dienone is 2. The molecule has 1 aliphatic carbocycles. The Hall–Kier alpha value is -1.76. The molecule has 0 fully saturated rings. The van der Waals surface area contributed by atoms with E-state index < -0.39 is 38.4 Å². The van der Waals surface area contributed by atoms with Gasteiger partial charge in [-0.2, -0.15) is 0 Å². The van der Waals surface area contributed by atoms with Gasteiger partial charge in [-0.3, -0.25) is 4.79 Å². The number of nitrogens with one attached hydrogen (secondary N) is 1. The Morgan fingerprint density at radius 3 is 2.57 bits per heavy atom. The van der Waals surface area contributed by atoms with Gasteiger partial charge in [0.05, 0.1) is 0 Å². The molecule has 1 atom stereocenters. The standard InChI is InChI=1S/C14H15F2NO3S/c1-9-7-12(16)13(8-11(9)15)21(19,20)17-14(18)10-5-3-2-4-6-10/h2-3,7-8,10H,4-6H2,1H3,(H,17,18). The average Bonchev–Trinajstić information content (AvgIpc) is 2.43. The maximum Gasteiger partial charge on any atom is 0.267 e. The Balaban J connectivity index is 2.24. The number of hydrogen-bond acceptors (Lipinski definition) is 3. The summed E-state index contributed by atoms with van der Waals surface area (Å²) in [5, 5.41) is 0. The van der Waals surface area contributed by atoms with Crippen molar-refractivity contribution < 1.29 is 22.0 Å². The highest BCUT2D eigenvalue weighted by molar-refractivity contribution is 7.90. The highest BCUT2D eigenvalue weighted by Crippen LogP contribution is 2.21. The van der Waals surface area contributed by atoms with Crippen LogP contribution in [0.5, 0.6) is 0 Å². The summed E-state index contributed by atoms with van der Waals surface area (Å²) in [6, 6.07) is 1.37. The van der Waals surface area contributed by atoms with Gasteiger partial charge in [0, 0.05) is 5.92 Å².